The van der Waals surface area contributed by atoms with Crippen LogP contribution in [0.15, 0.2) is 48.5 Å². The molecule has 156 valence electrons. The standard InChI is InChI=1S/C24H27N3O3/c1-3-16(2)17-8-10-20(11-9-17)25-21(28)15-27-22(29)24(26-23(27)30)13-12-18-6-4-5-7-19(18)14-24/h4-11,16H,3,12-15H2,1-2H3,(H,25,28)(H,26,30). The van der Waals surface area contributed by atoms with Crippen LogP contribution in [0.5, 0.6) is 0 Å². The Kier molecular flexibility index (Phi) is 5.33. The highest BCUT2D eigenvalue weighted by Crippen LogP contribution is 2.33. The van der Waals surface area contributed by atoms with Gasteiger partial charge in [-0.1, -0.05) is 50.2 Å². The van der Waals surface area contributed by atoms with Gasteiger partial charge in [0.25, 0.3) is 5.91 Å². The molecule has 2 aromatic carbocycles. The van der Waals surface area contributed by atoms with Gasteiger partial charge in [0.2, 0.25) is 5.91 Å². The molecule has 1 saturated heterocycles. The Morgan fingerprint density at radius 2 is 1.83 bits per heavy atom. The van der Waals surface area contributed by atoms with Crippen molar-refractivity contribution in [3.05, 3.63) is 65.2 Å². The summed E-state index contributed by atoms with van der Waals surface area (Å²) in [7, 11) is 0. The fourth-order valence-electron chi connectivity index (χ4n) is 4.32. The van der Waals surface area contributed by atoms with Crippen molar-refractivity contribution >= 4 is 23.5 Å². The molecule has 4 amide bonds. The second kappa shape index (κ2) is 7.94. The van der Waals surface area contributed by atoms with Gasteiger partial charge >= 0.3 is 6.03 Å². The summed E-state index contributed by atoms with van der Waals surface area (Å²) >= 11 is 0. The van der Waals surface area contributed by atoms with E-state index in [1.54, 1.807) is 0 Å². The number of nitrogens with zero attached hydrogens (tertiary/aromatic N) is 1. The zero-order valence-corrected chi connectivity index (χ0v) is 17.4. The molecule has 30 heavy (non-hydrogen) atoms. The smallest absolute Gasteiger partial charge is 0.325 e. The van der Waals surface area contributed by atoms with Crippen molar-refractivity contribution in [2.45, 2.75) is 51.0 Å². The van der Waals surface area contributed by atoms with Gasteiger partial charge in [-0.2, -0.15) is 0 Å². The molecule has 1 heterocycles. The first-order valence-corrected chi connectivity index (χ1v) is 10.5. The molecular formula is C24H27N3O3. The summed E-state index contributed by atoms with van der Waals surface area (Å²) in [5.74, 6) is -0.246. The lowest BCUT2D eigenvalue weighted by Crippen LogP contribution is -2.51. The number of aryl methyl sites for hydroxylation is 1. The van der Waals surface area contributed by atoms with Gasteiger partial charge < -0.3 is 10.6 Å². The maximum Gasteiger partial charge on any atom is 0.325 e. The van der Waals surface area contributed by atoms with Crippen molar-refractivity contribution in [1.29, 1.82) is 0 Å². The lowest BCUT2D eigenvalue weighted by Gasteiger charge is -2.32. The van der Waals surface area contributed by atoms with E-state index in [4.69, 9.17) is 0 Å². The van der Waals surface area contributed by atoms with Gasteiger partial charge in [-0.15, -0.1) is 0 Å². The quantitative estimate of drug-likeness (QED) is 0.746. The van der Waals surface area contributed by atoms with Crippen LogP contribution in [0.4, 0.5) is 10.5 Å². The predicted octanol–water partition coefficient (Wildman–Crippen LogP) is 3.62. The number of benzene rings is 2. The number of imide groups is 1. The van der Waals surface area contributed by atoms with E-state index >= 15 is 0 Å². The molecule has 0 saturated carbocycles. The van der Waals surface area contributed by atoms with Crippen molar-refractivity contribution < 1.29 is 14.4 Å². The molecule has 0 bridgehead atoms. The molecule has 0 aromatic heterocycles. The summed E-state index contributed by atoms with van der Waals surface area (Å²) in [5.41, 5.74) is 3.21. The topological polar surface area (TPSA) is 78.5 Å². The van der Waals surface area contributed by atoms with Crippen LogP contribution in [0.1, 0.15) is 49.3 Å². The molecule has 2 N–H and O–H groups in total. The van der Waals surface area contributed by atoms with Gasteiger partial charge in [0, 0.05) is 12.1 Å². The second-order valence-corrected chi connectivity index (χ2v) is 8.33. The lowest BCUT2D eigenvalue weighted by molar-refractivity contribution is -0.134. The van der Waals surface area contributed by atoms with Gasteiger partial charge in [-0.3, -0.25) is 14.5 Å². The van der Waals surface area contributed by atoms with Crippen LogP contribution in [-0.2, 0) is 22.4 Å². The Hall–Kier alpha value is -3.15. The van der Waals surface area contributed by atoms with Crippen LogP contribution in [0.25, 0.3) is 0 Å². The number of nitrogens with one attached hydrogen (secondary N) is 2. The van der Waals surface area contributed by atoms with Crippen LogP contribution in [0.3, 0.4) is 0 Å². The average Bonchev–Trinajstić information content (AvgIpc) is 2.97. The number of hydrogen-bond acceptors (Lipinski definition) is 3. The van der Waals surface area contributed by atoms with Gasteiger partial charge in [-0.25, -0.2) is 4.79 Å². The van der Waals surface area contributed by atoms with E-state index in [1.165, 1.54) is 11.1 Å². The van der Waals surface area contributed by atoms with Crippen molar-refractivity contribution in [1.82, 2.24) is 10.2 Å². The van der Waals surface area contributed by atoms with E-state index in [1.807, 2.05) is 42.5 Å². The first kappa shape index (κ1) is 20.1. The molecule has 6 heteroatoms. The van der Waals surface area contributed by atoms with Crippen LogP contribution >= 0.6 is 0 Å². The third kappa shape index (κ3) is 3.70. The van der Waals surface area contributed by atoms with Crippen molar-refractivity contribution in [2.75, 3.05) is 11.9 Å². The first-order valence-electron chi connectivity index (χ1n) is 10.5. The number of amides is 4. The minimum absolute atomic E-state index is 0.290. The molecule has 0 radical (unpaired) electrons. The molecule has 6 nitrogen and oxygen atoms in total. The first-order chi connectivity index (χ1) is 14.4. The summed E-state index contributed by atoms with van der Waals surface area (Å²) in [6.45, 7) is 4.00. The van der Waals surface area contributed by atoms with Crippen LogP contribution < -0.4 is 10.6 Å². The fourth-order valence-corrected chi connectivity index (χ4v) is 4.32. The van der Waals surface area contributed by atoms with Gasteiger partial charge in [0.05, 0.1) is 0 Å². The van der Waals surface area contributed by atoms with Crippen molar-refractivity contribution in [3.8, 4) is 0 Å². The Bertz CT molecular complexity index is 985. The molecule has 2 unspecified atom stereocenters. The third-order valence-corrected chi connectivity index (χ3v) is 6.36. The van der Waals surface area contributed by atoms with Crippen LogP contribution in [0.2, 0.25) is 0 Å². The summed E-state index contributed by atoms with van der Waals surface area (Å²) in [6, 6.07) is 15.2. The summed E-state index contributed by atoms with van der Waals surface area (Å²) in [4.78, 5) is 39.2. The predicted molar refractivity (Wildman–Crippen MR) is 115 cm³/mol. The molecular weight excluding hydrogens is 378 g/mol. The molecule has 2 aliphatic rings. The monoisotopic (exact) mass is 405 g/mol. The molecule has 1 aliphatic heterocycles. The second-order valence-electron chi connectivity index (χ2n) is 8.33. The van der Waals surface area contributed by atoms with E-state index < -0.39 is 11.6 Å². The molecule has 4 rings (SSSR count). The number of carbonyl (C=O) groups excluding carboxylic acids is 3. The van der Waals surface area contributed by atoms with E-state index in [2.05, 4.69) is 30.5 Å². The molecule has 1 aliphatic carbocycles. The Labute approximate surface area is 176 Å². The minimum atomic E-state index is -0.941. The number of rotatable bonds is 5. The van der Waals surface area contributed by atoms with Gasteiger partial charge in [0.1, 0.15) is 12.1 Å². The van der Waals surface area contributed by atoms with Crippen LogP contribution in [0, 0.1) is 0 Å². The fraction of sp³-hybridized carbons (Fsp3) is 0.375. The molecule has 1 spiro atoms. The lowest BCUT2D eigenvalue weighted by atomic mass is 9.78. The Morgan fingerprint density at radius 1 is 1.13 bits per heavy atom. The zero-order chi connectivity index (χ0) is 21.3. The summed E-state index contributed by atoms with van der Waals surface area (Å²) in [6.07, 6.45) is 2.78. The number of carbonyl (C=O) groups is 3. The maximum atomic E-state index is 13.1. The van der Waals surface area contributed by atoms with E-state index in [9.17, 15) is 14.4 Å². The van der Waals surface area contributed by atoms with Crippen molar-refractivity contribution in [2.24, 2.45) is 0 Å². The number of anilines is 1. The van der Waals surface area contributed by atoms with E-state index in [0.717, 1.165) is 23.3 Å². The van der Waals surface area contributed by atoms with E-state index in [-0.39, 0.29) is 18.4 Å². The summed E-state index contributed by atoms with van der Waals surface area (Å²) < 4.78 is 0. The van der Waals surface area contributed by atoms with E-state index in [0.29, 0.717) is 24.4 Å². The highest BCUT2D eigenvalue weighted by molar-refractivity contribution is 6.10. The number of fused-ring (bicyclic) bond motifs is 1. The Balaban J connectivity index is 1.42. The minimum Gasteiger partial charge on any atom is -0.325 e. The highest BCUT2D eigenvalue weighted by atomic mass is 16.2. The zero-order valence-electron chi connectivity index (χ0n) is 17.4. The SMILES string of the molecule is CCC(C)c1ccc(NC(=O)CN2C(=O)NC3(CCc4ccccc4C3)C2=O)cc1. The normalized spacial score (nSPS) is 21.3. The van der Waals surface area contributed by atoms with Gasteiger partial charge in [0.15, 0.2) is 0 Å². The highest BCUT2D eigenvalue weighted by Gasteiger charge is 2.52. The molecule has 2 atom stereocenters. The van der Waals surface area contributed by atoms with Crippen LogP contribution in [-0.4, -0.2) is 34.8 Å². The Morgan fingerprint density at radius 3 is 2.53 bits per heavy atom. The average molecular weight is 405 g/mol. The number of urea groups is 1. The molecule has 1 fully saturated rings. The largest absolute Gasteiger partial charge is 0.325 e. The third-order valence-electron chi connectivity index (χ3n) is 6.36. The summed E-state index contributed by atoms with van der Waals surface area (Å²) in [5, 5.41) is 5.65. The maximum absolute atomic E-state index is 13.1. The molecule has 2 aromatic rings. The van der Waals surface area contributed by atoms with Crippen molar-refractivity contribution in [3.63, 3.8) is 0 Å². The number of hydrogen-bond donors (Lipinski definition) is 2. The van der Waals surface area contributed by atoms with Gasteiger partial charge in [-0.05, 0) is 54.0 Å².